The molecule has 0 spiro atoms. The zero-order valence-electron chi connectivity index (χ0n) is 4.78. The lowest BCUT2D eigenvalue weighted by molar-refractivity contribution is -0.122. The van der Waals surface area contributed by atoms with E-state index < -0.39 is 0 Å². The van der Waals surface area contributed by atoms with Gasteiger partial charge in [-0.05, 0) is 0 Å². The van der Waals surface area contributed by atoms with E-state index in [0.29, 0.717) is 6.54 Å². The highest BCUT2D eigenvalue weighted by atomic mass is 16.3. The van der Waals surface area contributed by atoms with Crippen LogP contribution in [0.25, 0.3) is 0 Å². The zero-order valence-corrected chi connectivity index (χ0v) is 4.78. The van der Waals surface area contributed by atoms with Gasteiger partial charge < -0.3 is 5.11 Å². The van der Waals surface area contributed by atoms with Crippen LogP contribution in [0.15, 0.2) is 17.6 Å². The SMILES string of the molecule is C=CCN=C=O.O=CO. The molecule has 0 aromatic carbocycles. The van der Waals surface area contributed by atoms with Crippen LogP contribution in [0, 0.1) is 0 Å². The molecule has 1 N–H and O–H groups in total. The molecule has 9 heavy (non-hydrogen) atoms. The molecule has 4 nitrogen and oxygen atoms in total. The van der Waals surface area contributed by atoms with Crippen molar-refractivity contribution in [2.75, 3.05) is 6.54 Å². The van der Waals surface area contributed by atoms with E-state index in [1.54, 1.807) is 0 Å². The first kappa shape index (κ1) is 10.5. The summed E-state index contributed by atoms with van der Waals surface area (Å²) in [5, 5.41) is 6.89. The molecular formula is C5H7NO3. The van der Waals surface area contributed by atoms with Crippen LogP contribution in [0.1, 0.15) is 0 Å². The summed E-state index contributed by atoms with van der Waals surface area (Å²) in [7, 11) is 0. The van der Waals surface area contributed by atoms with Gasteiger partial charge in [0, 0.05) is 0 Å². The third kappa shape index (κ3) is 54.9. The van der Waals surface area contributed by atoms with Crippen molar-refractivity contribution in [3.8, 4) is 0 Å². The molecule has 0 unspecified atom stereocenters. The van der Waals surface area contributed by atoms with Crippen LogP contribution in [-0.4, -0.2) is 24.2 Å². The molecule has 0 aliphatic carbocycles. The van der Waals surface area contributed by atoms with Crippen LogP contribution in [0.2, 0.25) is 0 Å². The molecule has 0 bridgehead atoms. The fraction of sp³-hybridized carbons (Fsp3) is 0.200. The predicted molar refractivity (Wildman–Crippen MR) is 31.9 cm³/mol. The Morgan fingerprint density at radius 2 is 2.22 bits per heavy atom. The third-order valence-electron chi connectivity index (χ3n) is 0.285. The molecule has 0 saturated heterocycles. The van der Waals surface area contributed by atoms with Gasteiger partial charge in [-0.3, -0.25) is 4.79 Å². The lowest BCUT2D eigenvalue weighted by atomic mass is 10.7. The maximum Gasteiger partial charge on any atom is 0.290 e. The van der Waals surface area contributed by atoms with Crippen molar-refractivity contribution < 1.29 is 14.7 Å². The second-order valence-electron chi connectivity index (χ2n) is 0.826. The van der Waals surface area contributed by atoms with Crippen LogP contribution < -0.4 is 0 Å². The van der Waals surface area contributed by atoms with Crippen LogP contribution in [0.4, 0.5) is 0 Å². The minimum atomic E-state index is -0.250. The number of carbonyl (C=O) groups excluding carboxylic acids is 1. The zero-order chi connectivity index (χ0) is 7.54. The van der Waals surface area contributed by atoms with E-state index in [4.69, 9.17) is 9.90 Å². The molecule has 0 aliphatic rings. The number of carbonyl (C=O) groups is 1. The van der Waals surface area contributed by atoms with E-state index in [0.717, 1.165) is 0 Å². The predicted octanol–water partition coefficient (Wildman–Crippen LogP) is 0.209. The van der Waals surface area contributed by atoms with Gasteiger partial charge in [0.25, 0.3) is 6.47 Å². The van der Waals surface area contributed by atoms with Crippen molar-refractivity contribution in [3.63, 3.8) is 0 Å². The summed E-state index contributed by atoms with van der Waals surface area (Å²) in [6.45, 7) is 3.45. The highest BCUT2D eigenvalue weighted by molar-refractivity contribution is 5.33. The first-order chi connectivity index (χ1) is 4.33. The first-order valence-corrected chi connectivity index (χ1v) is 2.05. The number of rotatable bonds is 2. The summed E-state index contributed by atoms with van der Waals surface area (Å²) >= 11 is 0. The highest BCUT2D eigenvalue weighted by Gasteiger charge is 1.58. The molecule has 0 aromatic rings. The number of aliphatic imine (C=N–C) groups is 1. The molecular weight excluding hydrogens is 122 g/mol. The summed E-state index contributed by atoms with van der Waals surface area (Å²) in [5.74, 6) is 0. The molecule has 0 fully saturated rings. The largest absolute Gasteiger partial charge is 0.483 e. The fourth-order valence-electron chi connectivity index (χ4n) is 0.102. The Kier molecular flexibility index (Phi) is 18.7. The van der Waals surface area contributed by atoms with Crippen LogP contribution in [0.3, 0.4) is 0 Å². The van der Waals surface area contributed by atoms with Crippen molar-refractivity contribution in [2.24, 2.45) is 4.99 Å². The molecule has 50 valence electrons. The molecule has 4 heteroatoms. The van der Waals surface area contributed by atoms with E-state index in [-0.39, 0.29) is 6.47 Å². The molecule has 0 rings (SSSR count). The lowest BCUT2D eigenvalue weighted by Gasteiger charge is -1.64. The topological polar surface area (TPSA) is 66.7 Å². The molecule has 0 saturated carbocycles. The second-order valence-corrected chi connectivity index (χ2v) is 0.826. The van der Waals surface area contributed by atoms with E-state index in [1.807, 2.05) is 0 Å². The van der Waals surface area contributed by atoms with Gasteiger partial charge in [-0.15, -0.1) is 6.58 Å². The average Bonchev–Trinajstić information content (AvgIpc) is 1.86. The molecule has 0 amide bonds. The van der Waals surface area contributed by atoms with Crippen LogP contribution >= 0.6 is 0 Å². The molecule has 0 aromatic heterocycles. The van der Waals surface area contributed by atoms with Crippen molar-refractivity contribution in [1.82, 2.24) is 0 Å². The van der Waals surface area contributed by atoms with Gasteiger partial charge in [-0.25, -0.2) is 9.79 Å². The Bertz CT molecular complexity index is 115. The van der Waals surface area contributed by atoms with Gasteiger partial charge in [0.2, 0.25) is 6.08 Å². The Labute approximate surface area is 52.5 Å². The van der Waals surface area contributed by atoms with Gasteiger partial charge in [-0.2, -0.15) is 0 Å². The van der Waals surface area contributed by atoms with E-state index in [1.165, 1.54) is 12.2 Å². The number of isocyanates is 1. The molecule has 0 radical (unpaired) electrons. The maximum absolute atomic E-state index is 9.22. The summed E-state index contributed by atoms with van der Waals surface area (Å²) < 4.78 is 0. The Morgan fingerprint density at radius 1 is 1.78 bits per heavy atom. The quantitative estimate of drug-likeness (QED) is 0.251. The molecule has 0 atom stereocenters. The number of carboxylic acid groups (broad SMARTS) is 1. The fourth-order valence-corrected chi connectivity index (χ4v) is 0.102. The van der Waals surface area contributed by atoms with Crippen molar-refractivity contribution in [3.05, 3.63) is 12.7 Å². The summed E-state index contributed by atoms with van der Waals surface area (Å²) in [6.07, 6.45) is 2.90. The number of nitrogens with zero attached hydrogens (tertiary/aromatic N) is 1. The smallest absolute Gasteiger partial charge is 0.290 e. The average molecular weight is 129 g/mol. The monoisotopic (exact) mass is 129 g/mol. The summed E-state index contributed by atoms with van der Waals surface area (Å²) in [4.78, 5) is 20.8. The van der Waals surface area contributed by atoms with Gasteiger partial charge in [0.05, 0.1) is 6.54 Å². The third-order valence-corrected chi connectivity index (χ3v) is 0.285. The van der Waals surface area contributed by atoms with E-state index in [9.17, 15) is 4.79 Å². The van der Waals surface area contributed by atoms with Gasteiger partial charge in [-0.1, -0.05) is 6.08 Å². The van der Waals surface area contributed by atoms with E-state index in [2.05, 4.69) is 11.6 Å². The maximum atomic E-state index is 9.22. The normalized spacial score (nSPS) is 5.33. The van der Waals surface area contributed by atoms with Gasteiger partial charge in [0.1, 0.15) is 0 Å². The Balaban J connectivity index is 0. The van der Waals surface area contributed by atoms with Crippen molar-refractivity contribution in [2.45, 2.75) is 0 Å². The van der Waals surface area contributed by atoms with Gasteiger partial charge >= 0.3 is 0 Å². The number of hydrogen-bond donors (Lipinski definition) is 1. The Morgan fingerprint density at radius 3 is 2.33 bits per heavy atom. The summed E-state index contributed by atoms with van der Waals surface area (Å²) in [6, 6.07) is 0. The highest BCUT2D eigenvalue weighted by Crippen LogP contribution is 1.61. The first-order valence-electron chi connectivity index (χ1n) is 2.05. The summed E-state index contributed by atoms with van der Waals surface area (Å²) in [5.41, 5.74) is 0. The van der Waals surface area contributed by atoms with Crippen molar-refractivity contribution >= 4 is 12.6 Å². The van der Waals surface area contributed by atoms with Crippen molar-refractivity contribution in [1.29, 1.82) is 0 Å². The van der Waals surface area contributed by atoms with E-state index >= 15 is 0 Å². The van der Waals surface area contributed by atoms with Crippen LogP contribution in [0.5, 0.6) is 0 Å². The minimum Gasteiger partial charge on any atom is -0.483 e. The Hall–Kier alpha value is -1.41. The minimum absolute atomic E-state index is 0.250. The molecule has 0 aliphatic heterocycles. The van der Waals surface area contributed by atoms with Gasteiger partial charge in [0.15, 0.2) is 0 Å². The molecule has 0 heterocycles. The van der Waals surface area contributed by atoms with Crippen LogP contribution in [-0.2, 0) is 9.59 Å². The lowest BCUT2D eigenvalue weighted by Crippen LogP contribution is -1.63. The second kappa shape index (κ2) is 16.0. The standard InChI is InChI=1S/C4H5NO.CH2O2/c1-2-3-5-4-6;2-1-3/h2H,1,3H2;1H,(H,2,3). The number of hydrogen-bond acceptors (Lipinski definition) is 3.